The van der Waals surface area contributed by atoms with Gasteiger partial charge in [-0.3, -0.25) is 9.69 Å². The third-order valence-corrected chi connectivity index (χ3v) is 7.03. The molecule has 1 fully saturated rings. The van der Waals surface area contributed by atoms with Crippen LogP contribution >= 0.6 is 23.2 Å². The van der Waals surface area contributed by atoms with Gasteiger partial charge in [0.25, 0.3) is 5.56 Å². The molecule has 1 aliphatic heterocycles. The Bertz CT molecular complexity index is 1350. The first kappa shape index (κ1) is 22.3. The molecule has 0 amide bonds. The van der Waals surface area contributed by atoms with E-state index in [9.17, 15) is 4.79 Å². The number of aromatic nitrogens is 2. The summed E-state index contributed by atoms with van der Waals surface area (Å²) in [5, 5.41) is 2.65. The Kier molecular flexibility index (Phi) is 6.34. The second-order valence-electron chi connectivity index (χ2n) is 8.17. The molecule has 0 radical (unpaired) electrons. The lowest BCUT2D eigenvalue weighted by atomic mass is 10.1. The number of ether oxygens (including phenoxy) is 2. The van der Waals surface area contributed by atoms with Crippen molar-refractivity contribution in [2.75, 3.05) is 40.0 Å². The van der Waals surface area contributed by atoms with Crippen molar-refractivity contribution in [3.63, 3.8) is 0 Å². The van der Waals surface area contributed by atoms with Gasteiger partial charge in [0, 0.05) is 53.4 Å². The van der Waals surface area contributed by atoms with Crippen LogP contribution in [0.5, 0.6) is 5.75 Å². The molecule has 1 saturated heterocycles. The van der Waals surface area contributed by atoms with E-state index in [0.717, 1.165) is 67.1 Å². The van der Waals surface area contributed by atoms with Gasteiger partial charge < -0.3 is 18.6 Å². The van der Waals surface area contributed by atoms with E-state index in [2.05, 4.69) is 9.47 Å². The van der Waals surface area contributed by atoms with Gasteiger partial charge in [-0.15, -0.1) is 0 Å². The van der Waals surface area contributed by atoms with Crippen LogP contribution in [0.4, 0.5) is 0 Å². The molecular formula is C25H25Cl2N3O3. The SMILES string of the molecule is COc1cccc2c3c(=O)n(Cc4c(Cl)cccc4Cl)ccc3n(CCN3CCOCC3)c12. The van der Waals surface area contributed by atoms with Gasteiger partial charge in [-0.25, -0.2) is 0 Å². The molecule has 0 aliphatic carbocycles. The average molecular weight is 486 g/mol. The van der Waals surface area contributed by atoms with Crippen molar-refractivity contribution >= 4 is 45.0 Å². The van der Waals surface area contributed by atoms with E-state index < -0.39 is 0 Å². The van der Waals surface area contributed by atoms with Gasteiger partial charge in [-0.2, -0.15) is 0 Å². The first-order chi connectivity index (χ1) is 16.1. The highest BCUT2D eigenvalue weighted by Crippen LogP contribution is 2.33. The van der Waals surface area contributed by atoms with Crippen LogP contribution in [0.3, 0.4) is 0 Å². The van der Waals surface area contributed by atoms with E-state index in [0.29, 0.717) is 22.0 Å². The van der Waals surface area contributed by atoms with Gasteiger partial charge in [0.2, 0.25) is 0 Å². The van der Waals surface area contributed by atoms with E-state index in [-0.39, 0.29) is 5.56 Å². The highest BCUT2D eigenvalue weighted by Gasteiger charge is 2.20. The molecular weight excluding hydrogens is 461 g/mol. The van der Waals surface area contributed by atoms with Gasteiger partial charge >= 0.3 is 0 Å². The molecule has 1 aliphatic rings. The summed E-state index contributed by atoms with van der Waals surface area (Å²) in [5.74, 6) is 0.755. The third-order valence-electron chi connectivity index (χ3n) is 6.33. The Morgan fingerprint density at radius 1 is 1.00 bits per heavy atom. The Labute approximate surface area is 201 Å². The minimum Gasteiger partial charge on any atom is -0.495 e. The fourth-order valence-electron chi connectivity index (χ4n) is 4.61. The zero-order chi connectivity index (χ0) is 22.9. The van der Waals surface area contributed by atoms with Crippen LogP contribution < -0.4 is 10.3 Å². The van der Waals surface area contributed by atoms with Crippen molar-refractivity contribution in [3.05, 3.63) is 74.6 Å². The number of hydrogen-bond donors (Lipinski definition) is 0. The predicted molar refractivity (Wildman–Crippen MR) is 133 cm³/mol. The molecule has 0 bridgehead atoms. The largest absolute Gasteiger partial charge is 0.495 e. The zero-order valence-corrected chi connectivity index (χ0v) is 19.9. The highest BCUT2D eigenvalue weighted by atomic mass is 35.5. The maximum absolute atomic E-state index is 13.7. The maximum Gasteiger partial charge on any atom is 0.260 e. The fraction of sp³-hybridized carbons (Fsp3) is 0.320. The summed E-state index contributed by atoms with van der Waals surface area (Å²) in [7, 11) is 1.66. The van der Waals surface area contributed by atoms with Gasteiger partial charge in [-0.1, -0.05) is 41.4 Å². The maximum atomic E-state index is 13.7. The minimum atomic E-state index is -0.0770. The summed E-state index contributed by atoms with van der Waals surface area (Å²) in [5.41, 5.74) is 2.49. The van der Waals surface area contributed by atoms with E-state index in [4.69, 9.17) is 32.7 Å². The molecule has 33 heavy (non-hydrogen) atoms. The summed E-state index contributed by atoms with van der Waals surface area (Å²) in [4.78, 5) is 16.1. The number of halogens is 2. The number of rotatable bonds is 6. The zero-order valence-electron chi connectivity index (χ0n) is 18.4. The van der Waals surface area contributed by atoms with E-state index >= 15 is 0 Å². The van der Waals surface area contributed by atoms with Crippen LogP contribution in [0.2, 0.25) is 10.0 Å². The monoisotopic (exact) mass is 485 g/mol. The van der Waals surface area contributed by atoms with Crippen LogP contribution in [0.25, 0.3) is 21.8 Å². The first-order valence-electron chi connectivity index (χ1n) is 11.0. The fourth-order valence-corrected chi connectivity index (χ4v) is 5.12. The summed E-state index contributed by atoms with van der Waals surface area (Å²) >= 11 is 12.7. The third kappa shape index (κ3) is 4.13. The molecule has 0 saturated carbocycles. The second kappa shape index (κ2) is 9.39. The van der Waals surface area contributed by atoms with Crippen molar-refractivity contribution in [2.24, 2.45) is 0 Å². The van der Waals surface area contributed by atoms with Gasteiger partial charge in [0.1, 0.15) is 5.75 Å². The topological polar surface area (TPSA) is 48.6 Å². The lowest BCUT2D eigenvalue weighted by Gasteiger charge is -2.27. The molecule has 0 spiro atoms. The number of fused-ring (bicyclic) bond motifs is 3. The molecule has 0 N–H and O–H groups in total. The average Bonchev–Trinajstić information content (AvgIpc) is 3.16. The molecule has 2 aromatic carbocycles. The quantitative estimate of drug-likeness (QED) is 0.398. The molecule has 172 valence electrons. The van der Waals surface area contributed by atoms with Crippen LogP contribution in [0.15, 0.2) is 53.5 Å². The number of para-hydroxylation sites is 1. The molecule has 6 nitrogen and oxygen atoms in total. The van der Waals surface area contributed by atoms with Gasteiger partial charge in [-0.05, 0) is 24.3 Å². The predicted octanol–water partition coefficient (Wildman–Crippen LogP) is 4.65. The normalized spacial score (nSPS) is 14.9. The smallest absolute Gasteiger partial charge is 0.260 e. The molecule has 8 heteroatoms. The molecule has 4 aromatic rings. The number of hydrogen-bond acceptors (Lipinski definition) is 4. The Hall–Kier alpha value is -2.51. The standard InChI is InChI=1S/C25H25Cl2N3O3/c1-32-22-7-2-4-17-23-21(30(24(17)22)11-10-28-12-14-33-15-13-28)8-9-29(25(23)31)16-18-19(26)5-3-6-20(18)27/h2-9H,10-16H2,1H3. The van der Waals surface area contributed by atoms with Crippen molar-refractivity contribution in [2.45, 2.75) is 13.1 Å². The number of benzene rings is 2. The van der Waals surface area contributed by atoms with E-state index in [1.165, 1.54) is 0 Å². The van der Waals surface area contributed by atoms with E-state index in [1.54, 1.807) is 29.9 Å². The summed E-state index contributed by atoms with van der Waals surface area (Å²) in [6.45, 7) is 5.27. The Morgan fingerprint density at radius 3 is 2.45 bits per heavy atom. The van der Waals surface area contributed by atoms with Crippen LogP contribution in [0.1, 0.15) is 5.56 Å². The summed E-state index contributed by atoms with van der Waals surface area (Å²) in [6, 6.07) is 13.2. The first-order valence-corrected chi connectivity index (χ1v) is 11.8. The van der Waals surface area contributed by atoms with Gasteiger partial charge in [0.15, 0.2) is 0 Å². The summed E-state index contributed by atoms with van der Waals surface area (Å²) < 4.78 is 15.0. The number of pyridine rings is 1. The van der Waals surface area contributed by atoms with Crippen molar-refractivity contribution in [3.8, 4) is 5.75 Å². The van der Waals surface area contributed by atoms with Crippen molar-refractivity contribution in [1.82, 2.24) is 14.0 Å². The molecule has 5 rings (SSSR count). The minimum absolute atomic E-state index is 0.0770. The lowest BCUT2D eigenvalue weighted by molar-refractivity contribution is 0.0366. The second-order valence-corrected chi connectivity index (χ2v) is 8.99. The van der Waals surface area contributed by atoms with Crippen LogP contribution in [-0.2, 0) is 17.8 Å². The van der Waals surface area contributed by atoms with Crippen molar-refractivity contribution < 1.29 is 9.47 Å². The van der Waals surface area contributed by atoms with Crippen molar-refractivity contribution in [1.29, 1.82) is 0 Å². The summed E-state index contributed by atoms with van der Waals surface area (Å²) in [6.07, 6.45) is 1.82. The molecule has 2 aromatic heterocycles. The number of nitrogens with zero attached hydrogens (tertiary/aromatic N) is 3. The Morgan fingerprint density at radius 2 is 1.73 bits per heavy atom. The van der Waals surface area contributed by atoms with Gasteiger partial charge in [0.05, 0.1) is 43.3 Å². The highest BCUT2D eigenvalue weighted by molar-refractivity contribution is 6.36. The molecule has 3 heterocycles. The number of morpholine rings is 1. The molecule has 0 unspecified atom stereocenters. The molecule has 0 atom stereocenters. The van der Waals surface area contributed by atoms with Crippen LogP contribution in [-0.4, -0.2) is 54.0 Å². The number of methoxy groups -OCH3 is 1. The van der Waals surface area contributed by atoms with E-state index in [1.807, 2.05) is 30.5 Å². The lowest BCUT2D eigenvalue weighted by Crippen LogP contribution is -2.38. The van der Waals surface area contributed by atoms with Crippen LogP contribution in [0, 0.1) is 0 Å². The Balaban J connectivity index is 1.63.